The summed E-state index contributed by atoms with van der Waals surface area (Å²) < 4.78 is 19.8. The van der Waals surface area contributed by atoms with Gasteiger partial charge in [0, 0.05) is 23.1 Å². The van der Waals surface area contributed by atoms with Gasteiger partial charge >= 0.3 is 0 Å². The van der Waals surface area contributed by atoms with E-state index in [1.54, 1.807) is 0 Å². The third-order valence-electron chi connectivity index (χ3n) is 5.46. The molecule has 3 aromatic rings. The summed E-state index contributed by atoms with van der Waals surface area (Å²) in [4.78, 5) is 15.3. The molecule has 1 aliphatic heterocycles. The summed E-state index contributed by atoms with van der Waals surface area (Å²) in [5.41, 5.74) is 11.2. The average Bonchev–Trinajstić information content (AvgIpc) is 3.04. The van der Waals surface area contributed by atoms with Crippen molar-refractivity contribution in [3.05, 3.63) is 59.3 Å². The van der Waals surface area contributed by atoms with Gasteiger partial charge in [0.2, 0.25) is 0 Å². The lowest BCUT2D eigenvalue weighted by atomic mass is 9.90. The molecule has 0 saturated carbocycles. The Kier molecular flexibility index (Phi) is 4.50. The van der Waals surface area contributed by atoms with Crippen LogP contribution in [-0.2, 0) is 0 Å². The maximum absolute atomic E-state index is 12.1. The van der Waals surface area contributed by atoms with Crippen molar-refractivity contribution in [1.29, 1.82) is 0 Å². The first-order valence-electron chi connectivity index (χ1n) is 9.09. The quantitative estimate of drug-likeness (QED) is 0.518. The number of carbonyl (C=O) groups excluding carboxylic acids is 1. The SMILES string of the molecule is Cc1cccc(-c2cc(C(N)=O)c3[nH]cc(C4CCS(O)(O)CC4)c3c2)c1. The third-order valence-corrected chi connectivity index (χ3v) is 7.24. The van der Waals surface area contributed by atoms with Gasteiger partial charge in [0.05, 0.1) is 11.1 Å². The number of benzene rings is 2. The minimum Gasteiger partial charge on any atom is -0.366 e. The minimum absolute atomic E-state index is 0.243. The van der Waals surface area contributed by atoms with Crippen molar-refractivity contribution in [3.63, 3.8) is 0 Å². The molecule has 1 saturated heterocycles. The highest BCUT2D eigenvalue weighted by Crippen LogP contribution is 2.49. The summed E-state index contributed by atoms with van der Waals surface area (Å²) >= 11 is 0. The molecule has 4 rings (SSSR count). The van der Waals surface area contributed by atoms with Crippen molar-refractivity contribution in [3.8, 4) is 11.1 Å². The molecule has 6 heteroatoms. The summed E-state index contributed by atoms with van der Waals surface area (Å²) in [7, 11) is -2.42. The van der Waals surface area contributed by atoms with Crippen LogP contribution < -0.4 is 5.73 Å². The summed E-state index contributed by atoms with van der Waals surface area (Å²) in [6.45, 7) is 2.04. The van der Waals surface area contributed by atoms with E-state index >= 15 is 0 Å². The molecule has 0 bridgehead atoms. The molecule has 142 valence electrons. The largest absolute Gasteiger partial charge is 0.366 e. The van der Waals surface area contributed by atoms with Crippen LogP contribution in [0.2, 0.25) is 0 Å². The number of H-pyrrole nitrogens is 1. The molecule has 1 aromatic heterocycles. The zero-order valence-electron chi connectivity index (χ0n) is 15.2. The number of rotatable bonds is 3. The molecule has 1 amide bonds. The Morgan fingerprint density at radius 3 is 2.56 bits per heavy atom. The Morgan fingerprint density at radius 2 is 1.89 bits per heavy atom. The third kappa shape index (κ3) is 3.48. The first-order valence-corrected chi connectivity index (χ1v) is 11.0. The Labute approximate surface area is 159 Å². The van der Waals surface area contributed by atoms with Gasteiger partial charge in [0.25, 0.3) is 5.91 Å². The van der Waals surface area contributed by atoms with E-state index in [-0.39, 0.29) is 5.92 Å². The van der Waals surface area contributed by atoms with E-state index in [0.717, 1.165) is 46.0 Å². The fourth-order valence-corrected chi connectivity index (χ4v) is 5.52. The number of aryl methyl sites for hydroxylation is 1. The standard InChI is InChI=1S/C21H24N2O3S/c1-13-3-2-4-15(9-13)16-10-17-19(14-5-7-27(25,26)8-6-14)12-23-20(17)18(11-16)21(22)24/h2-4,9-12,14,23,25-26H,5-8H2,1H3,(H2,22,24). The zero-order valence-corrected chi connectivity index (χ0v) is 16.1. The molecule has 5 nitrogen and oxygen atoms in total. The highest BCUT2D eigenvalue weighted by atomic mass is 32.3. The number of aromatic amines is 1. The van der Waals surface area contributed by atoms with E-state index in [9.17, 15) is 13.9 Å². The van der Waals surface area contributed by atoms with Crippen LogP contribution in [0.4, 0.5) is 0 Å². The van der Waals surface area contributed by atoms with Crippen molar-refractivity contribution in [2.24, 2.45) is 5.73 Å². The van der Waals surface area contributed by atoms with E-state index in [0.29, 0.717) is 17.1 Å². The number of amides is 1. The topological polar surface area (TPSA) is 99.3 Å². The van der Waals surface area contributed by atoms with Crippen molar-refractivity contribution < 1.29 is 13.9 Å². The van der Waals surface area contributed by atoms with Gasteiger partial charge in [-0.2, -0.15) is 10.6 Å². The second kappa shape index (κ2) is 6.71. The zero-order chi connectivity index (χ0) is 19.2. The Bertz CT molecular complexity index is 1020. The minimum atomic E-state index is -2.42. The van der Waals surface area contributed by atoms with Crippen LogP contribution in [0.25, 0.3) is 22.0 Å². The summed E-state index contributed by atoms with van der Waals surface area (Å²) in [6.07, 6.45) is 3.41. The molecule has 0 atom stereocenters. The lowest BCUT2D eigenvalue weighted by Crippen LogP contribution is -2.19. The smallest absolute Gasteiger partial charge is 0.250 e. The van der Waals surface area contributed by atoms with E-state index in [4.69, 9.17) is 5.73 Å². The monoisotopic (exact) mass is 384 g/mol. The number of hydrogen-bond acceptors (Lipinski definition) is 3. The Morgan fingerprint density at radius 1 is 1.15 bits per heavy atom. The number of hydrogen-bond donors (Lipinski definition) is 4. The van der Waals surface area contributed by atoms with Crippen LogP contribution in [0, 0.1) is 6.92 Å². The highest BCUT2D eigenvalue weighted by Gasteiger charge is 2.27. The summed E-state index contributed by atoms with van der Waals surface area (Å²) in [6, 6.07) is 12.1. The number of aromatic nitrogens is 1. The molecule has 0 aliphatic carbocycles. The fourth-order valence-electron chi connectivity index (χ4n) is 4.00. The van der Waals surface area contributed by atoms with Crippen LogP contribution in [0.3, 0.4) is 0 Å². The maximum atomic E-state index is 12.1. The van der Waals surface area contributed by atoms with Gasteiger partial charge < -0.3 is 10.7 Å². The van der Waals surface area contributed by atoms with Crippen LogP contribution in [-0.4, -0.2) is 31.5 Å². The van der Waals surface area contributed by atoms with Gasteiger partial charge in [-0.1, -0.05) is 29.8 Å². The van der Waals surface area contributed by atoms with Crippen LogP contribution in [0.5, 0.6) is 0 Å². The van der Waals surface area contributed by atoms with Crippen molar-refractivity contribution in [1.82, 2.24) is 4.98 Å². The van der Waals surface area contributed by atoms with Crippen molar-refractivity contribution in [2.75, 3.05) is 11.5 Å². The lowest BCUT2D eigenvalue weighted by Gasteiger charge is -2.39. The van der Waals surface area contributed by atoms with E-state index in [2.05, 4.69) is 17.1 Å². The molecular formula is C21H24N2O3S. The number of fused-ring (bicyclic) bond motifs is 1. The van der Waals surface area contributed by atoms with Gasteiger partial charge in [-0.15, -0.1) is 0 Å². The first-order chi connectivity index (χ1) is 12.8. The Hall–Kier alpha value is -2.28. The van der Waals surface area contributed by atoms with Gasteiger partial charge in [-0.25, -0.2) is 0 Å². The van der Waals surface area contributed by atoms with Gasteiger partial charge in [0.1, 0.15) is 0 Å². The molecule has 1 fully saturated rings. The molecule has 2 aromatic carbocycles. The van der Waals surface area contributed by atoms with E-state index in [1.165, 1.54) is 0 Å². The summed E-state index contributed by atoms with van der Waals surface area (Å²) in [5, 5.41) is 0.992. The fraction of sp³-hybridized carbons (Fsp3) is 0.286. The maximum Gasteiger partial charge on any atom is 0.250 e. The number of nitrogens with one attached hydrogen (secondary N) is 1. The normalized spacial score (nSPS) is 18.5. The van der Waals surface area contributed by atoms with Gasteiger partial charge in [-0.3, -0.25) is 13.9 Å². The molecule has 27 heavy (non-hydrogen) atoms. The molecule has 5 N–H and O–H groups in total. The predicted octanol–water partition coefficient (Wildman–Crippen LogP) is 4.87. The molecule has 0 unspecified atom stereocenters. The molecular weight excluding hydrogens is 360 g/mol. The second-order valence-corrected chi connectivity index (χ2v) is 9.83. The van der Waals surface area contributed by atoms with Gasteiger partial charge in [-0.05, 0) is 54.5 Å². The molecule has 1 aliphatic rings. The average molecular weight is 385 g/mol. The molecule has 2 heterocycles. The highest BCUT2D eigenvalue weighted by molar-refractivity contribution is 8.24. The van der Waals surface area contributed by atoms with Crippen LogP contribution in [0.15, 0.2) is 42.6 Å². The van der Waals surface area contributed by atoms with Crippen molar-refractivity contribution >= 4 is 27.4 Å². The molecule has 0 radical (unpaired) electrons. The van der Waals surface area contributed by atoms with E-state index in [1.807, 2.05) is 37.4 Å². The number of carbonyl (C=O) groups is 1. The first kappa shape index (κ1) is 18.1. The predicted molar refractivity (Wildman–Crippen MR) is 112 cm³/mol. The molecule has 0 spiro atoms. The summed E-state index contributed by atoms with van der Waals surface area (Å²) in [5.74, 6) is 0.655. The lowest BCUT2D eigenvalue weighted by molar-refractivity contribution is 0.100. The number of primary amides is 1. The van der Waals surface area contributed by atoms with Crippen molar-refractivity contribution in [2.45, 2.75) is 25.7 Å². The number of nitrogens with two attached hydrogens (primary N) is 1. The Balaban J connectivity index is 1.84. The van der Waals surface area contributed by atoms with E-state index < -0.39 is 16.5 Å². The van der Waals surface area contributed by atoms with Crippen LogP contribution >= 0.6 is 10.6 Å². The van der Waals surface area contributed by atoms with Crippen LogP contribution in [0.1, 0.15) is 40.2 Å². The second-order valence-electron chi connectivity index (χ2n) is 7.41. The van der Waals surface area contributed by atoms with Gasteiger partial charge in [0.15, 0.2) is 0 Å².